The van der Waals surface area contributed by atoms with Crippen LogP contribution in [0, 0.1) is 0 Å². The first-order valence-electron chi connectivity index (χ1n) is 9.61. The number of hydrogen-bond acceptors (Lipinski definition) is 3. The highest BCUT2D eigenvalue weighted by atomic mass is 16.5. The lowest BCUT2D eigenvalue weighted by Crippen LogP contribution is -2.14. The van der Waals surface area contributed by atoms with Crippen LogP contribution in [0.2, 0.25) is 0 Å². The summed E-state index contributed by atoms with van der Waals surface area (Å²) in [6.07, 6.45) is 4.22. The Kier molecular flexibility index (Phi) is 6.53. The molecule has 2 aromatic carbocycles. The molecule has 28 heavy (non-hydrogen) atoms. The molecule has 1 aromatic heterocycles. The molecule has 0 bridgehead atoms. The minimum Gasteiger partial charge on any atom is -0.497 e. The third-order valence-corrected chi connectivity index (χ3v) is 4.86. The largest absolute Gasteiger partial charge is 0.497 e. The minimum atomic E-state index is -0.275. The van der Waals surface area contributed by atoms with E-state index in [0.29, 0.717) is 6.54 Å². The number of rotatable bonds is 9. The molecule has 0 amide bonds. The molecular weight excluding hydrogens is 350 g/mol. The highest BCUT2D eigenvalue weighted by molar-refractivity contribution is 5.81. The molecule has 3 aromatic rings. The van der Waals surface area contributed by atoms with E-state index in [2.05, 4.69) is 41.5 Å². The first kappa shape index (κ1) is 19.7. The Balaban J connectivity index is 2.00. The fraction of sp³-hybridized carbons (Fsp3) is 0.292. The molecule has 1 heterocycles. The average Bonchev–Trinajstić information content (AvgIpc) is 3.06. The fourth-order valence-corrected chi connectivity index (χ4v) is 3.50. The van der Waals surface area contributed by atoms with Crippen LogP contribution in [-0.4, -0.2) is 17.6 Å². The lowest BCUT2D eigenvalue weighted by molar-refractivity contribution is -0.147. The number of unbranched alkanes of at least 4 members (excludes halogenated alkanes) is 1. The van der Waals surface area contributed by atoms with Crippen molar-refractivity contribution in [3.8, 4) is 5.75 Å². The number of fused-ring (bicyclic) bond motifs is 1. The molecule has 0 aliphatic carbocycles. The van der Waals surface area contributed by atoms with Gasteiger partial charge in [-0.2, -0.15) is 0 Å². The molecule has 1 unspecified atom stereocenters. The number of ether oxygens (including phenoxy) is 2. The van der Waals surface area contributed by atoms with E-state index >= 15 is 0 Å². The normalized spacial score (nSPS) is 11.9. The number of hydrogen-bond donors (Lipinski definition) is 0. The number of carbonyl (C=O) groups is 1. The number of allylic oxidation sites excluding steroid dienone is 1. The van der Waals surface area contributed by atoms with Crippen molar-refractivity contribution < 1.29 is 14.3 Å². The number of esters is 1. The highest BCUT2D eigenvalue weighted by Gasteiger charge is 2.21. The Labute approximate surface area is 166 Å². The number of methoxy groups -OCH3 is 1. The van der Waals surface area contributed by atoms with E-state index in [-0.39, 0.29) is 12.1 Å². The second-order valence-electron chi connectivity index (χ2n) is 6.88. The lowest BCUT2D eigenvalue weighted by atomic mass is 10.1. The zero-order valence-corrected chi connectivity index (χ0v) is 16.6. The van der Waals surface area contributed by atoms with Crippen molar-refractivity contribution >= 4 is 16.9 Å². The topological polar surface area (TPSA) is 40.5 Å². The van der Waals surface area contributed by atoms with Gasteiger partial charge in [0.05, 0.1) is 12.8 Å². The Hall–Kier alpha value is -3.01. The van der Waals surface area contributed by atoms with Crippen molar-refractivity contribution in [1.29, 1.82) is 0 Å². The Morgan fingerprint density at radius 1 is 1.18 bits per heavy atom. The van der Waals surface area contributed by atoms with Gasteiger partial charge < -0.3 is 14.0 Å². The molecule has 0 saturated heterocycles. The molecule has 4 nitrogen and oxygen atoms in total. The van der Waals surface area contributed by atoms with Gasteiger partial charge in [-0.25, -0.2) is 0 Å². The maximum atomic E-state index is 11.7. The second kappa shape index (κ2) is 9.27. The maximum Gasteiger partial charge on any atom is 0.303 e. The molecule has 0 spiro atoms. The van der Waals surface area contributed by atoms with Gasteiger partial charge in [0.2, 0.25) is 0 Å². The van der Waals surface area contributed by atoms with Crippen molar-refractivity contribution in [3.63, 3.8) is 0 Å². The molecule has 0 N–H and O–H groups in total. The van der Waals surface area contributed by atoms with E-state index in [1.54, 1.807) is 7.11 Å². The van der Waals surface area contributed by atoms with Gasteiger partial charge >= 0.3 is 5.97 Å². The maximum absolute atomic E-state index is 11.7. The minimum absolute atomic E-state index is 0.259. The molecule has 0 radical (unpaired) electrons. The third kappa shape index (κ3) is 4.63. The number of benzene rings is 2. The Morgan fingerprint density at radius 2 is 1.93 bits per heavy atom. The van der Waals surface area contributed by atoms with Crippen LogP contribution in [-0.2, 0) is 16.1 Å². The molecule has 0 aliphatic heterocycles. The van der Waals surface area contributed by atoms with E-state index in [9.17, 15) is 4.79 Å². The molecule has 4 heteroatoms. The van der Waals surface area contributed by atoms with Gasteiger partial charge in [0.15, 0.2) is 0 Å². The van der Waals surface area contributed by atoms with Gasteiger partial charge in [0.1, 0.15) is 11.9 Å². The van der Waals surface area contributed by atoms with Crippen LogP contribution in [0.15, 0.2) is 67.3 Å². The molecule has 0 aliphatic rings. The standard InChI is InChI=1S/C24H27NO3/c1-4-5-6-11-24(28-18(2)26)23-16-20-9-7-8-10-22(20)25(23)17-19-12-14-21(27-3)15-13-19/h4,7-10,12-16,24H,1,5-6,11,17H2,2-3H3. The van der Waals surface area contributed by atoms with Crippen LogP contribution >= 0.6 is 0 Å². The number of para-hydroxylation sites is 1. The summed E-state index contributed by atoms with van der Waals surface area (Å²) in [7, 11) is 1.67. The zero-order valence-electron chi connectivity index (χ0n) is 16.6. The summed E-state index contributed by atoms with van der Waals surface area (Å²) in [5.74, 6) is 0.577. The predicted molar refractivity (Wildman–Crippen MR) is 113 cm³/mol. The van der Waals surface area contributed by atoms with Gasteiger partial charge in [-0.1, -0.05) is 36.4 Å². The summed E-state index contributed by atoms with van der Waals surface area (Å²) in [4.78, 5) is 11.7. The molecule has 0 fully saturated rings. The quantitative estimate of drug-likeness (QED) is 0.274. The van der Waals surface area contributed by atoms with Crippen molar-refractivity contribution in [3.05, 3.63) is 78.5 Å². The molecule has 146 valence electrons. The second-order valence-corrected chi connectivity index (χ2v) is 6.88. The van der Waals surface area contributed by atoms with Gasteiger partial charge in [0.25, 0.3) is 0 Å². The molecular formula is C24H27NO3. The number of carbonyl (C=O) groups excluding carboxylic acids is 1. The first-order chi connectivity index (χ1) is 13.6. The van der Waals surface area contributed by atoms with Gasteiger partial charge in [-0.05, 0) is 49.1 Å². The van der Waals surface area contributed by atoms with Crippen molar-refractivity contribution in [2.24, 2.45) is 0 Å². The van der Waals surface area contributed by atoms with E-state index in [0.717, 1.165) is 47.2 Å². The Morgan fingerprint density at radius 3 is 2.61 bits per heavy atom. The van der Waals surface area contributed by atoms with Crippen LogP contribution < -0.4 is 4.74 Å². The van der Waals surface area contributed by atoms with Crippen LogP contribution in [0.4, 0.5) is 0 Å². The monoisotopic (exact) mass is 377 g/mol. The van der Waals surface area contributed by atoms with Gasteiger partial charge in [-0.15, -0.1) is 6.58 Å². The van der Waals surface area contributed by atoms with E-state index in [1.807, 2.05) is 30.3 Å². The van der Waals surface area contributed by atoms with Crippen molar-refractivity contribution in [1.82, 2.24) is 4.57 Å². The first-order valence-corrected chi connectivity index (χ1v) is 9.61. The molecule has 1 atom stereocenters. The van der Waals surface area contributed by atoms with Gasteiger partial charge in [-0.3, -0.25) is 4.79 Å². The zero-order chi connectivity index (χ0) is 19.9. The summed E-state index contributed by atoms with van der Waals surface area (Å²) in [6.45, 7) is 5.96. The van der Waals surface area contributed by atoms with Gasteiger partial charge in [0, 0.05) is 24.4 Å². The predicted octanol–water partition coefficient (Wildman–Crippen LogP) is 5.66. The van der Waals surface area contributed by atoms with Crippen LogP contribution in [0.5, 0.6) is 5.75 Å². The lowest BCUT2D eigenvalue weighted by Gasteiger charge is -2.20. The number of aromatic nitrogens is 1. The van der Waals surface area contributed by atoms with E-state index in [4.69, 9.17) is 9.47 Å². The van der Waals surface area contributed by atoms with E-state index < -0.39 is 0 Å². The summed E-state index contributed by atoms with van der Waals surface area (Å²) in [5, 5.41) is 1.15. The van der Waals surface area contributed by atoms with E-state index in [1.165, 1.54) is 6.92 Å². The SMILES string of the molecule is C=CCCCC(OC(C)=O)c1cc2ccccc2n1Cc1ccc(OC)cc1. The van der Waals surface area contributed by atoms with Crippen LogP contribution in [0.25, 0.3) is 10.9 Å². The summed E-state index contributed by atoms with van der Waals surface area (Å²) < 4.78 is 13.2. The summed E-state index contributed by atoms with van der Waals surface area (Å²) in [5.41, 5.74) is 3.32. The van der Waals surface area contributed by atoms with Crippen LogP contribution in [0.3, 0.4) is 0 Å². The third-order valence-electron chi connectivity index (χ3n) is 4.86. The fourth-order valence-electron chi connectivity index (χ4n) is 3.50. The van der Waals surface area contributed by atoms with Crippen molar-refractivity contribution in [2.75, 3.05) is 7.11 Å². The number of nitrogens with zero attached hydrogens (tertiary/aromatic N) is 1. The average molecular weight is 377 g/mol. The smallest absolute Gasteiger partial charge is 0.303 e. The highest BCUT2D eigenvalue weighted by Crippen LogP contribution is 2.31. The Bertz CT molecular complexity index is 940. The van der Waals surface area contributed by atoms with Crippen LogP contribution in [0.1, 0.15) is 43.5 Å². The molecule has 0 saturated carbocycles. The summed E-state index contributed by atoms with van der Waals surface area (Å²) >= 11 is 0. The molecule has 3 rings (SSSR count). The summed E-state index contributed by atoms with van der Waals surface area (Å²) in [6, 6.07) is 18.5. The van der Waals surface area contributed by atoms with Crippen molar-refractivity contribution in [2.45, 2.75) is 38.8 Å².